The first-order chi connectivity index (χ1) is 8.91. The molecule has 0 N–H and O–H groups in total. The molecule has 0 heterocycles. The van der Waals surface area contributed by atoms with Crippen LogP contribution in [0.3, 0.4) is 0 Å². The van der Waals surface area contributed by atoms with E-state index in [1.807, 2.05) is 0 Å². The van der Waals surface area contributed by atoms with Crippen LogP contribution in [0.2, 0.25) is 5.28 Å². The summed E-state index contributed by atoms with van der Waals surface area (Å²) in [6, 6.07) is 0. The van der Waals surface area contributed by atoms with Crippen LogP contribution in [0.5, 0.6) is 0 Å². The van der Waals surface area contributed by atoms with Crippen LogP contribution in [0.4, 0.5) is 0 Å². The fraction of sp³-hybridized carbons (Fsp3) is 1.00. The molecule has 0 aliphatic heterocycles. The molecule has 0 atom stereocenters. The Morgan fingerprint density at radius 3 is 1.00 bits per heavy atom. The van der Waals surface area contributed by atoms with E-state index in [1.54, 1.807) is 0 Å². The van der Waals surface area contributed by atoms with Gasteiger partial charge in [0.25, 0.3) is 0 Å². The molecular weight excluding hydrogens is 231 g/mol. The third-order valence-corrected chi connectivity index (χ3v) is 4.22. The first-order valence-corrected chi connectivity index (χ1v) is 9.43. The summed E-state index contributed by atoms with van der Waals surface area (Å²) in [5, 5.41) is 1.29. The van der Waals surface area contributed by atoms with Gasteiger partial charge in [-0.15, -0.1) is 0 Å². The molecule has 0 aromatic rings. The Hall–Kier alpha value is 0.532. The normalized spacial score (nSPS) is 11.1. The molecule has 0 fully saturated rings. The predicted molar refractivity (Wildman–Crippen MR) is 85.5 cm³/mol. The van der Waals surface area contributed by atoms with Crippen molar-refractivity contribution in [2.24, 2.45) is 0 Å². The molecule has 0 aliphatic rings. The Kier molecular flexibility index (Phi) is 18.1. The van der Waals surface area contributed by atoms with Crippen molar-refractivity contribution in [3.05, 3.63) is 0 Å². The number of hydrogen-bond acceptors (Lipinski definition) is 0. The zero-order valence-corrected chi connectivity index (χ0v) is 14.0. The molecule has 0 rings (SSSR count). The average Bonchev–Trinajstić information content (AvgIpc) is 2.39. The molecule has 0 spiro atoms. The van der Waals surface area contributed by atoms with E-state index in [1.165, 1.54) is 102 Å². The zero-order chi connectivity index (χ0) is 13.3. The maximum atomic E-state index is 2.82. The fourth-order valence-corrected chi connectivity index (χ4v) is 2.80. The van der Waals surface area contributed by atoms with Gasteiger partial charge in [0.15, 0.2) is 0 Å². The Balaban J connectivity index is 2.86. The predicted octanol–water partition coefficient (Wildman–Crippen LogP) is 6.44. The van der Waals surface area contributed by atoms with Crippen LogP contribution in [0, 0.1) is 0 Å². The van der Waals surface area contributed by atoms with Gasteiger partial charge in [-0.2, -0.15) is 0 Å². The summed E-state index contributed by atoms with van der Waals surface area (Å²) in [5.74, 6) is 0. The van der Waals surface area contributed by atoms with Crippen molar-refractivity contribution < 1.29 is 0 Å². The van der Waals surface area contributed by atoms with Gasteiger partial charge in [0, 0.05) is 0 Å². The second-order valence-corrected chi connectivity index (χ2v) is 6.32. The Morgan fingerprint density at radius 2 is 0.722 bits per heavy atom. The summed E-state index contributed by atoms with van der Waals surface area (Å²) >= 11 is 2.82. The first kappa shape index (κ1) is 18.5. The maximum absolute atomic E-state index is 2.82. The third kappa shape index (κ3) is 16.5. The third-order valence-electron chi connectivity index (χ3n) is 3.81. The van der Waals surface area contributed by atoms with Crippen molar-refractivity contribution in [2.75, 3.05) is 0 Å². The van der Waals surface area contributed by atoms with Gasteiger partial charge in [-0.1, -0.05) is 32.6 Å². The Bertz CT molecular complexity index is 118. The second-order valence-electron chi connectivity index (χ2n) is 5.74. The molecule has 0 saturated carbocycles. The molecular formula is C17H35Al+2. The van der Waals surface area contributed by atoms with Gasteiger partial charge in [-0.05, 0) is 0 Å². The van der Waals surface area contributed by atoms with Gasteiger partial charge in [-0.3, -0.25) is 0 Å². The fourth-order valence-electron chi connectivity index (χ4n) is 2.52. The molecule has 1 heteroatoms. The standard InChI is InChI=1S/C17H35.Al/c1-3-5-7-9-11-13-15-17-16-14-12-10-8-6-4-2;/h1,3-17H2,2H3;/q;+2. The van der Waals surface area contributed by atoms with Crippen molar-refractivity contribution >= 4 is 16.3 Å². The molecule has 0 aromatic carbocycles. The zero-order valence-electron chi connectivity index (χ0n) is 12.9. The van der Waals surface area contributed by atoms with Gasteiger partial charge in [0.1, 0.15) is 0 Å². The van der Waals surface area contributed by atoms with Crippen molar-refractivity contribution in [3.63, 3.8) is 0 Å². The summed E-state index contributed by atoms with van der Waals surface area (Å²) in [6.45, 7) is 2.29. The van der Waals surface area contributed by atoms with Gasteiger partial charge in [0.05, 0.1) is 0 Å². The van der Waals surface area contributed by atoms with Crippen LogP contribution in [-0.2, 0) is 0 Å². The summed E-state index contributed by atoms with van der Waals surface area (Å²) in [7, 11) is 0. The van der Waals surface area contributed by atoms with Crippen LogP contribution >= 0.6 is 0 Å². The van der Waals surface area contributed by atoms with E-state index < -0.39 is 0 Å². The van der Waals surface area contributed by atoms with Crippen molar-refractivity contribution in [2.45, 2.75) is 109 Å². The van der Waals surface area contributed by atoms with E-state index in [2.05, 4.69) is 23.2 Å². The quantitative estimate of drug-likeness (QED) is 0.236. The monoisotopic (exact) mass is 266 g/mol. The van der Waals surface area contributed by atoms with E-state index in [0.717, 1.165) is 0 Å². The number of unbranched alkanes of at least 4 members (excludes halogenated alkanes) is 14. The molecule has 0 amide bonds. The van der Waals surface area contributed by atoms with Crippen molar-refractivity contribution in [1.29, 1.82) is 0 Å². The molecule has 0 bridgehead atoms. The molecule has 0 nitrogen and oxygen atoms in total. The van der Waals surface area contributed by atoms with E-state index >= 15 is 0 Å². The van der Waals surface area contributed by atoms with Gasteiger partial charge in [-0.25, -0.2) is 0 Å². The van der Waals surface area contributed by atoms with E-state index in [0.29, 0.717) is 0 Å². The second kappa shape index (κ2) is 17.5. The van der Waals surface area contributed by atoms with Gasteiger partial charge < -0.3 is 0 Å². The van der Waals surface area contributed by atoms with Crippen LogP contribution in [0.15, 0.2) is 0 Å². The summed E-state index contributed by atoms with van der Waals surface area (Å²) in [6.07, 6.45) is 21.9. The van der Waals surface area contributed by atoms with Crippen LogP contribution in [0.25, 0.3) is 0 Å². The molecule has 104 valence electrons. The van der Waals surface area contributed by atoms with Crippen LogP contribution < -0.4 is 0 Å². The van der Waals surface area contributed by atoms with Crippen LogP contribution in [0.1, 0.15) is 103 Å². The van der Waals surface area contributed by atoms with E-state index in [9.17, 15) is 0 Å². The van der Waals surface area contributed by atoms with Crippen molar-refractivity contribution in [1.82, 2.24) is 0 Å². The van der Waals surface area contributed by atoms with Crippen molar-refractivity contribution in [3.8, 4) is 0 Å². The molecule has 0 unspecified atom stereocenters. The van der Waals surface area contributed by atoms with Gasteiger partial charge >= 0.3 is 92.2 Å². The minimum atomic E-state index is 1.29. The topological polar surface area (TPSA) is 0 Å². The number of rotatable bonds is 15. The van der Waals surface area contributed by atoms with E-state index in [-0.39, 0.29) is 0 Å². The molecule has 0 saturated heterocycles. The summed E-state index contributed by atoms with van der Waals surface area (Å²) < 4.78 is 0. The van der Waals surface area contributed by atoms with Crippen LogP contribution in [-0.4, -0.2) is 16.3 Å². The molecule has 0 aromatic heterocycles. The number of hydrogen-bond donors (Lipinski definition) is 0. The molecule has 0 aliphatic carbocycles. The molecule has 0 radical (unpaired) electrons. The average molecular weight is 266 g/mol. The minimum absolute atomic E-state index is 1.29. The SMILES string of the molecule is CCCCCCCCCCCCCCCC[CH2][Al+2]. The first-order valence-electron chi connectivity index (χ1n) is 8.62. The molecule has 18 heavy (non-hydrogen) atoms. The Labute approximate surface area is 125 Å². The van der Waals surface area contributed by atoms with E-state index in [4.69, 9.17) is 0 Å². The Morgan fingerprint density at radius 1 is 0.444 bits per heavy atom. The summed E-state index contributed by atoms with van der Waals surface area (Å²) in [5.41, 5.74) is 0. The summed E-state index contributed by atoms with van der Waals surface area (Å²) in [4.78, 5) is 0. The van der Waals surface area contributed by atoms with Gasteiger partial charge in [0.2, 0.25) is 0 Å².